The zero-order valence-electron chi connectivity index (χ0n) is 19.1. The van der Waals surface area contributed by atoms with Gasteiger partial charge in [-0.2, -0.15) is 0 Å². The number of carbonyl (C=O) groups excluding carboxylic acids is 2. The zero-order chi connectivity index (χ0) is 22.6. The Bertz CT molecular complexity index is 797. The molecule has 0 aliphatic carbocycles. The van der Waals surface area contributed by atoms with E-state index in [0.717, 1.165) is 37.0 Å². The van der Waals surface area contributed by atoms with Crippen LogP contribution in [0.3, 0.4) is 0 Å². The van der Waals surface area contributed by atoms with Gasteiger partial charge in [0.25, 0.3) is 0 Å². The van der Waals surface area contributed by atoms with Crippen LogP contribution in [-0.4, -0.2) is 29.1 Å². The number of pyridine rings is 1. The van der Waals surface area contributed by atoms with E-state index < -0.39 is 0 Å². The first-order chi connectivity index (χ1) is 14.9. The van der Waals surface area contributed by atoms with Crippen LogP contribution < -0.4 is 0 Å². The molecule has 0 saturated carbocycles. The van der Waals surface area contributed by atoms with Crippen molar-refractivity contribution in [3.8, 4) is 0 Å². The van der Waals surface area contributed by atoms with E-state index in [0.29, 0.717) is 6.42 Å². The minimum absolute atomic E-state index is 0.0423. The van der Waals surface area contributed by atoms with Crippen molar-refractivity contribution in [3.05, 3.63) is 66.0 Å². The SMILES string of the molecule is CC(=O)O[C@H]1/C=C\[C@H](C)[C@@H](/C(C)=C/C=C/[C@H](C)c2ccccn2)OC(=O)CCCCC1. The van der Waals surface area contributed by atoms with Gasteiger partial charge in [-0.05, 0) is 50.0 Å². The fourth-order valence-electron chi connectivity index (χ4n) is 3.63. The van der Waals surface area contributed by atoms with Crippen LogP contribution in [0, 0.1) is 5.92 Å². The average Bonchev–Trinajstić information content (AvgIpc) is 2.74. The van der Waals surface area contributed by atoms with Gasteiger partial charge >= 0.3 is 11.9 Å². The molecule has 5 heteroatoms. The number of allylic oxidation sites excluding steroid dienone is 3. The molecule has 0 radical (unpaired) electrons. The molecule has 168 valence electrons. The van der Waals surface area contributed by atoms with E-state index in [9.17, 15) is 9.59 Å². The molecule has 0 fully saturated rings. The van der Waals surface area contributed by atoms with Crippen LogP contribution in [-0.2, 0) is 19.1 Å². The van der Waals surface area contributed by atoms with Crippen LogP contribution in [0.25, 0.3) is 0 Å². The van der Waals surface area contributed by atoms with Gasteiger partial charge in [-0.1, -0.05) is 50.6 Å². The molecule has 1 aromatic heterocycles. The van der Waals surface area contributed by atoms with E-state index >= 15 is 0 Å². The number of carbonyl (C=O) groups is 2. The maximum atomic E-state index is 12.4. The fourth-order valence-corrected chi connectivity index (χ4v) is 3.63. The lowest BCUT2D eigenvalue weighted by Gasteiger charge is -2.24. The first-order valence-corrected chi connectivity index (χ1v) is 11.2. The number of ether oxygens (including phenoxy) is 2. The van der Waals surface area contributed by atoms with Crippen LogP contribution in [0.5, 0.6) is 0 Å². The van der Waals surface area contributed by atoms with E-state index in [1.807, 2.05) is 56.4 Å². The Morgan fingerprint density at radius 2 is 2.03 bits per heavy atom. The van der Waals surface area contributed by atoms with Crippen molar-refractivity contribution < 1.29 is 19.1 Å². The van der Waals surface area contributed by atoms with Gasteiger partial charge in [0.1, 0.15) is 12.2 Å². The Hall–Kier alpha value is -2.69. The van der Waals surface area contributed by atoms with Gasteiger partial charge in [0.2, 0.25) is 0 Å². The normalized spacial score (nSPS) is 25.7. The third kappa shape index (κ3) is 8.91. The van der Waals surface area contributed by atoms with Gasteiger partial charge in [0.05, 0.1) is 0 Å². The minimum Gasteiger partial charge on any atom is -0.458 e. The molecule has 0 spiro atoms. The highest BCUT2D eigenvalue weighted by Crippen LogP contribution is 2.22. The standard InChI is InChI=1S/C26H35NO4/c1-19(24-14-8-9-18-27-24)11-10-12-20(2)26-21(3)16-17-23(30-22(4)28)13-6-5-7-15-25(29)31-26/h8-12,14,16-19,21,23,26H,5-7,13,15H2,1-4H3/b11-10+,17-16-,20-12+/t19-,21-,23+,26+/m0/s1. The third-order valence-electron chi connectivity index (χ3n) is 5.41. The predicted molar refractivity (Wildman–Crippen MR) is 122 cm³/mol. The number of aromatic nitrogens is 1. The maximum Gasteiger partial charge on any atom is 0.306 e. The average molecular weight is 426 g/mol. The summed E-state index contributed by atoms with van der Waals surface area (Å²) >= 11 is 0. The minimum atomic E-state index is -0.365. The molecule has 0 N–H and O–H groups in total. The largest absolute Gasteiger partial charge is 0.458 e. The van der Waals surface area contributed by atoms with E-state index in [1.54, 1.807) is 6.20 Å². The van der Waals surface area contributed by atoms with Crippen molar-refractivity contribution in [2.24, 2.45) is 5.92 Å². The number of nitrogens with zero attached hydrogens (tertiary/aromatic N) is 1. The predicted octanol–water partition coefficient (Wildman–Crippen LogP) is 5.69. The smallest absolute Gasteiger partial charge is 0.306 e. The van der Waals surface area contributed by atoms with Crippen LogP contribution >= 0.6 is 0 Å². The summed E-state index contributed by atoms with van der Waals surface area (Å²) in [5.74, 6) is -0.299. The van der Waals surface area contributed by atoms with Gasteiger partial charge in [-0.25, -0.2) is 0 Å². The molecule has 0 unspecified atom stereocenters. The Morgan fingerprint density at radius 3 is 2.74 bits per heavy atom. The van der Waals surface area contributed by atoms with Gasteiger partial charge in [-0.15, -0.1) is 0 Å². The lowest BCUT2D eigenvalue weighted by molar-refractivity contribution is -0.148. The van der Waals surface area contributed by atoms with E-state index in [2.05, 4.69) is 18.0 Å². The van der Waals surface area contributed by atoms with Crippen LogP contribution in [0.2, 0.25) is 0 Å². The fraction of sp³-hybridized carbons (Fsp3) is 0.500. The molecule has 1 aromatic rings. The van der Waals surface area contributed by atoms with Crippen molar-refractivity contribution in [2.45, 2.75) is 77.9 Å². The summed E-state index contributed by atoms with van der Waals surface area (Å²) in [7, 11) is 0. The molecule has 5 nitrogen and oxygen atoms in total. The summed E-state index contributed by atoms with van der Waals surface area (Å²) < 4.78 is 11.3. The summed E-state index contributed by atoms with van der Waals surface area (Å²) in [4.78, 5) is 28.2. The monoisotopic (exact) mass is 425 g/mol. The molecule has 1 aliphatic rings. The van der Waals surface area contributed by atoms with Crippen molar-refractivity contribution in [1.82, 2.24) is 4.98 Å². The van der Waals surface area contributed by atoms with Crippen molar-refractivity contribution in [3.63, 3.8) is 0 Å². The molecule has 2 heterocycles. The van der Waals surface area contributed by atoms with E-state index in [1.165, 1.54) is 6.92 Å². The van der Waals surface area contributed by atoms with Crippen LogP contribution in [0.4, 0.5) is 0 Å². The highest BCUT2D eigenvalue weighted by molar-refractivity contribution is 5.70. The molecule has 0 aromatic carbocycles. The molecule has 1 aliphatic heterocycles. The summed E-state index contributed by atoms with van der Waals surface area (Å²) in [5, 5.41) is 0. The number of cyclic esters (lactones) is 1. The number of hydrogen-bond donors (Lipinski definition) is 0. The van der Waals surface area contributed by atoms with Crippen molar-refractivity contribution in [2.75, 3.05) is 0 Å². The highest BCUT2D eigenvalue weighted by Gasteiger charge is 2.22. The van der Waals surface area contributed by atoms with Gasteiger partial charge < -0.3 is 9.47 Å². The third-order valence-corrected chi connectivity index (χ3v) is 5.41. The number of rotatable bonds is 5. The molecular weight excluding hydrogens is 390 g/mol. The summed E-state index contributed by atoms with van der Waals surface area (Å²) in [6, 6.07) is 5.89. The van der Waals surface area contributed by atoms with Crippen LogP contribution in [0.1, 0.15) is 71.4 Å². The van der Waals surface area contributed by atoms with Crippen molar-refractivity contribution in [1.29, 1.82) is 0 Å². The summed E-state index contributed by atoms with van der Waals surface area (Å²) in [6.07, 6.45) is 15.0. The molecule has 31 heavy (non-hydrogen) atoms. The highest BCUT2D eigenvalue weighted by atomic mass is 16.5. The molecule has 2 rings (SSSR count). The molecule has 0 amide bonds. The Kier molecular flexibility index (Phi) is 10.2. The number of esters is 2. The first-order valence-electron chi connectivity index (χ1n) is 11.2. The first kappa shape index (κ1) is 24.6. The second kappa shape index (κ2) is 12.9. The number of hydrogen-bond acceptors (Lipinski definition) is 5. The Labute approximate surface area is 186 Å². The Morgan fingerprint density at radius 1 is 1.23 bits per heavy atom. The topological polar surface area (TPSA) is 65.5 Å². The van der Waals surface area contributed by atoms with Gasteiger partial charge in [0.15, 0.2) is 0 Å². The summed E-state index contributed by atoms with van der Waals surface area (Å²) in [5.41, 5.74) is 1.98. The van der Waals surface area contributed by atoms with Crippen LogP contribution in [0.15, 0.2) is 60.3 Å². The quantitative estimate of drug-likeness (QED) is 0.345. The second-order valence-corrected chi connectivity index (χ2v) is 8.24. The van der Waals surface area contributed by atoms with Gasteiger partial charge in [-0.3, -0.25) is 14.6 Å². The van der Waals surface area contributed by atoms with Crippen molar-refractivity contribution >= 4 is 11.9 Å². The van der Waals surface area contributed by atoms with Gasteiger partial charge in [0, 0.05) is 37.1 Å². The molecular formula is C26H35NO4. The molecule has 0 bridgehead atoms. The lowest BCUT2D eigenvalue weighted by Crippen LogP contribution is -2.26. The lowest BCUT2D eigenvalue weighted by atomic mass is 9.95. The summed E-state index contributed by atoms with van der Waals surface area (Å²) in [6.45, 7) is 7.53. The Balaban J connectivity index is 2.15. The zero-order valence-corrected chi connectivity index (χ0v) is 19.1. The second-order valence-electron chi connectivity index (χ2n) is 8.24. The molecule has 4 atom stereocenters. The molecule has 0 saturated heterocycles. The van der Waals surface area contributed by atoms with E-state index in [-0.39, 0.29) is 36.0 Å². The van der Waals surface area contributed by atoms with E-state index in [4.69, 9.17) is 9.47 Å². The maximum absolute atomic E-state index is 12.4.